The molecule has 33 heavy (non-hydrogen) atoms. The van der Waals surface area contributed by atoms with Crippen LogP contribution in [0.2, 0.25) is 0 Å². The van der Waals surface area contributed by atoms with E-state index in [0.717, 1.165) is 11.1 Å². The fourth-order valence-electron chi connectivity index (χ4n) is 4.23. The average molecular weight is 461 g/mol. The van der Waals surface area contributed by atoms with Crippen LogP contribution in [-0.4, -0.2) is 75.5 Å². The minimum Gasteiger partial charge on any atom is -0.465 e. The molecule has 2 aliphatic heterocycles. The SMILES string of the molecule is CC(C)(O)C(=O)C1CC(=O)N(Cc2ccc(CN3CC(C(=O)OCCCO)CC3=O)cc2)C1. The van der Waals surface area contributed by atoms with Gasteiger partial charge in [-0.3, -0.25) is 19.2 Å². The highest BCUT2D eigenvalue weighted by molar-refractivity contribution is 5.94. The van der Waals surface area contributed by atoms with Crippen LogP contribution in [0, 0.1) is 11.8 Å². The average Bonchev–Trinajstić information content (AvgIpc) is 3.31. The van der Waals surface area contributed by atoms with Crippen LogP contribution in [0.25, 0.3) is 0 Å². The maximum absolute atomic E-state index is 12.3. The molecule has 2 atom stereocenters. The molecule has 0 saturated carbocycles. The summed E-state index contributed by atoms with van der Waals surface area (Å²) in [6.07, 6.45) is 0.612. The van der Waals surface area contributed by atoms with Gasteiger partial charge in [-0.1, -0.05) is 24.3 Å². The Morgan fingerprint density at radius 1 is 0.970 bits per heavy atom. The van der Waals surface area contributed by atoms with Crippen LogP contribution in [0.1, 0.15) is 44.2 Å². The smallest absolute Gasteiger partial charge is 0.311 e. The Balaban J connectivity index is 1.51. The predicted molar refractivity (Wildman–Crippen MR) is 117 cm³/mol. The first-order valence-electron chi connectivity index (χ1n) is 11.3. The van der Waals surface area contributed by atoms with Gasteiger partial charge >= 0.3 is 5.97 Å². The van der Waals surface area contributed by atoms with E-state index >= 15 is 0 Å². The number of aliphatic hydroxyl groups is 2. The van der Waals surface area contributed by atoms with E-state index in [4.69, 9.17) is 9.84 Å². The standard InChI is InChI=1S/C24H32N2O7/c1-24(2,32)22(30)18-10-20(28)25(14-18)12-16-4-6-17(7-5-16)13-26-15-19(11-21(26)29)23(31)33-9-3-8-27/h4-7,18-19,27,32H,3,8-15H2,1-2H3. The van der Waals surface area contributed by atoms with Gasteiger partial charge in [-0.2, -0.15) is 0 Å². The number of carbonyl (C=O) groups excluding carboxylic acids is 4. The third-order valence-electron chi connectivity index (χ3n) is 6.05. The molecule has 2 unspecified atom stereocenters. The van der Waals surface area contributed by atoms with Gasteiger partial charge < -0.3 is 24.7 Å². The molecule has 1 aromatic carbocycles. The zero-order valence-electron chi connectivity index (χ0n) is 19.2. The van der Waals surface area contributed by atoms with E-state index in [9.17, 15) is 24.3 Å². The van der Waals surface area contributed by atoms with Crippen molar-refractivity contribution in [3.8, 4) is 0 Å². The molecular formula is C24H32N2O7. The molecule has 2 saturated heterocycles. The van der Waals surface area contributed by atoms with E-state index in [1.165, 1.54) is 13.8 Å². The number of aliphatic hydroxyl groups excluding tert-OH is 1. The van der Waals surface area contributed by atoms with E-state index in [2.05, 4.69) is 0 Å². The molecule has 0 radical (unpaired) electrons. The monoisotopic (exact) mass is 460 g/mol. The second-order valence-electron chi connectivity index (χ2n) is 9.34. The van der Waals surface area contributed by atoms with Gasteiger partial charge in [0.15, 0.2) is 5.78 Å². The third kappa shape index (κ3) is 6.39. The molecule has 0 aliphatic carbocycles. The van der Waals surface area contributed by atoms with Crippen molar-refractivity contribution in [2.45, 2.75) is 51.8 Å². The van der Waals surface area contributed by atoms with Crippen molar-refractivity contribution in [1.29, 1.82) is 0 Å². The summed E-state index contributed by atoms with van der Waals surface area (Å²) in [5.74, 6) is -1.93. The normalized spacial score (nSPS) is 21.1. The number of ether oxygens (including phenoxy) is 1. The van der Waals surface area contributed by atoms with Crippen molar-refractivity contribution < 1.29 is 34.1 Å². The summed E-state index contributed by atoms with van der Waals surface area (Å²) in [5.41, 5.74) is 0.357. The first-order chi connectivity index (χ1) is 15.6. The Morgan fingerprint density at radius 2 is 1.45 bits per heavy atom. The van der Waals surface area contributed by atoms with Crippen molar-refractivity contribution in [3.05, 3.63) is 35.4 Å². The number of ketones is 1. The lowest BCUT2D eigenvalue weighted by molar-refractivity contribution is -0.148. The summed E-state index contributed by atoms with van der Waals surface area (Å²) < 4.78 is 5.10. The van der Waals surface area contributed by atoms with E-state index in [1.54, 1.807) is 9.80 Å². The predicted octanol–water partition coefficient (Wildman–Crippen LogP) is 0.649. The van der Waals surface area contributed by atoms with Crippen LogP contribution in [-0.2, 0) is 37.0 Å². The number of hydrogen-bond donors (Lipinski definition) is 2. The zero-order valence-corrected chi connectivity index (χ0v) is 19.2. The number of Topliss-reactive ketones (excluding diaryl/α,β-unsaturated/α-hetero) is 1. The second kappa shape index (κ2) is 10.4. The van der Waals surface area contributed by atoms with Gasteiger partial charge in [-0.15, -0.1) is 0 Å². The quantitative estimate of drug-likeness (QED) is 0.388. The number of amides is 2. The molecule has 9 heteroatoms. The molecule has 2 fully saturated rings. The van der Waals surface area contributed by atoms with Gasteiger partial charge in [-0.05, 0) is 25.0 Å². The zero-order chi connectivity index (χ0) is 24.2. The van der Waals surface area contributed by atoms with Gasteiger partial charge in [-0.25, -0.2) is 0 Å². The van der Waals surface area contributed by atoms with Crippen molar-refractivity contribution in [2.24, 2.45) is 11.8 Å². The van der Waals surface area contributed by atoms with Gasteiger partial charge in [0, 0.05) is 58.0 Å². The molecule has 0 aromatic heterocycles. The lowest BCUT2D eigenvalue weighted by Crippen LogP contribution is -2.38. The highest BCUT2D eigenvalue weighted by atomic mass is 16.5. The van der Waals surface area contributed by atoms with Crippen molar-refractivity contribution in [2.75, 3.05) is 26.3 Å². The summed E-state index contributed by atoms with van der Waals surface area (Å²) >= 11 is 0. The summed E-state index contributed by atoms with van der Waals surface area (Å²) in [4.78, 5) is 52.2. The fraction of sp³-hybridized carbons (Fsp3) is 0.583. The van der Waals surface area contributed by atoms with Gasteiger partial charge in [0.25, 0.3) is 0 Å². The molecule has 0 bridgehead atoms. The summed E-state index contributed by atoms with van der Waals surface area (Å²) in [5, 5.41) is 18.7. The maximum Gasteiger partial charge on any atom is 0.311 e. The number of rotatable bonds is 10. The van der Waals surface area contributed by atoms with Crippen LogP contribution < -0.4 is 0 Å². The Hall–Kier alpha value is -2.78. The molecule has 2 heterocycles. The Labute approximate surface area is 193 Å². The largest absolute Gasteiger partial charge is 0.465 e. The Bertz CT molecular complexity index is 891. The summed E-state index contributed by atoms with van der Waals surface area (Å²) in [7, 11) is 0. The molecular weight excluding hydrogens is 428 g/mol. The molecule has 2 aliphatic rings. The number of esters is 1. The molecule has 0 spiro atoms. The van der Waals surface area contributed by atoms with E-state index in [-0.39, 0.29) is 43.7 Å². The molecule has 9 nitrogen and oxygen atoms in total. The van der Waals surface area contributed by atoms with Crippen LogP contribution in [0.3, 0.4) is 0 Å². The topological polar surface area (TPSA) is 124 Å². The van der Waals surface area contributed by atoms with Crippen LogP contribution in [0.4, 0.5) is 0 Å². The lowest BCUT2D eigenvalue weighted by Gasteiger charge is -2.21. The third-order valence-corrected chi connectivity index (χ3v) is 6.05. The number of hydrogen-bond acceptors (Lipinski definition) is 7. The van der Waals surface area contributed by atoms with Crippen LogP contribution >= 0.6 is 0 Å². The number of likely N-dealkylation sites (tertiary alicyclic amines) is 2. The summed E-state index contributed by atoms with van der Waals surface area (Å²) in [6, 6.07) is 7.54. The second-order valence-corrected chi connectivity index (χ2v) is 9.34. The first kappa shape index (κ1) is 24.9. The Morgan fingerprint density at radius 3 is 1.94 bits per heavy atom. The van der Waals surface area contributed by atoms with Crippen molar-refractivity contribution in [3.63, 3.8) is 0 Å². The van der Waals surface area contributed by atoms with Gasteiger partial charge in [0.2, 0.25) is 11.8 Å². The van der Waals surface area contributed by atoms with E-state index < -0.39 is 23.4 Å². The van der Waals surface area contributed by atoms with Crippen LogP contribution in [0.5, 0.6) is 0 Å². The first-order valence-corrected chi connectivity index (χ1v) is 11.3. The fourth-order valence-corrected chi connectivity index (χ4v) is 4.23. The Kier molecular flexibility index (Phi) is 7.86. The highest BCUT2D eigenvalue weighted by Crippen LogP contribution is 2.26. The summed E-state index contributed by atoms with van der Waals surface area (Å²) in [6.45, 7) is 4.32. The highest BCUT2D eigenvalue weighted by Gasteiger charge is 2.40. The van der Waals surface area contributed by atoms with Gasteiger partial charge in [0.05, 0.1) is 12.5 Å². The number of carbonyl (C=O) groups is 4. The number of nitrogens with zero attached hydrogens (tertiary/aromatic N) is 2. The minimum absolute atomic E-state index is 0.0511. The van der Waals surface area contributed by atoms with Crippen molar-refractivity contribution in [1.82, 2.24) is 9.80 Å². The molecule has 2 N–H and O–H groups in total. The minimum atomic E-state index is -1.45. The molecule has 3 rings (SSSR count). The maximum atomic E-state index is 12.3. The number of benzene rings is 1. The van der Waals surface area contributed by atoms with E-state index in [1.807, 2.05) is 24.3 Å². The van der Waals surface area contributed by atoms with Crippen molar-refractivity contribution >= 4 is 23.6 Å². The molecule has 1 aromatic rings. The van der Waals surface area contributed by atoms with Gasteiger partial charge in [0.1, 0.15) is 5.60 Å². The molecule has 180 valence electrons. The molecule has 2 amide bonds. The van der Waals surface area contributed by atoms with Crippen LogP contribution in [0.15, 0.2) is 24.3 Å². The van der Waals surface area contributed by atoms with E-state index in [0.29, 0.717) is 32.6 Å². The lowest BCUT2D eigenvalue weighted by atomic mass is 9.91.